The first-order valence-corrected chi connectivity index (χ1v) is 10.6. The van der Waals surface area contributed by atoms with Gasteiger partial charge in [0.2, 0.25) is 6.23 Å². The topological polar surface area (TPSA) is 52.6 Å². The molecule has 1 atom stereocenters. The van der Waals surface area contributed by atoms with Crippen LogP contribution in [0.4, 0.5) is 0 Å². The predicted molar refractivity (Wildman–Crippen MR) is 120 cm³/mol. The lowest BCUT2D eigenvalue weighted by Crippen LogP contribution is -2.44. The first kappa shape index (κ1) is 17.5. The zero-order valence-corrected chi connectivity index (χ0v) is 16.9. The van der Waals surface area contributed by atoms with E-state index in [9.17, 15) is 0 Å². The fourth-order valence-electron chi connectivity index (χ4n) is 4.68. The Balaban J connectivity index is 1.29. The minimum Gasteiger partial charge on any atom is -0.362 e. The van der Waals surface area contributed by atoms with Crippen LogP contribution in [0.15, 0.2) is 71.9 Å². The molecule has 2 N–H and O–H groups in total. The van der Waals surface area contributed by atoms with Crippen molar-refractivity contribution in [2.45, 2.75) is 19.7 Å². The third kappa shape index (κ3) is 2.94. The minimum atomic E-state index is -0.312. The highest BCUT2D eigenvalue weighted by Crippen LogP contribution is 2.29. The Morgan fingerprint density at radius 3 is 2.63 bits per heavy atom. The van der Waals surface area contributed by atoms with Crippen LogP contribution in [0.5, 0.6) is 0 Å². The number of rotatable bonds is 4. The summed E-state index contributed by atoms with van der Waals surface area (Å²) in [7, 11) is 0. The maximum atomic E-state index is 5.76. The van der Waals surface area contributed by atoms with Gasteiger partial charge in [-0.2, -0.15) is 0 Å². The Hall–Kier alpha value is -3.31. The molecule has 2 aliphatic heterocycles. The Kier molecular flexibility index (Phi) is 4.03. The van der Waals surface area contributed by atoms with Crippen LogP contribution < -0.4 is 5.32 Å². The number of hydrogen-bond donors (Lipinski definition) is 2. The number of fused-ring (bicyclic) bond motifs is 2. The van der Waals surface area contributed by atoms with Gasteiger partial charge in [0.25, 0.3) is 0 Å². The molecule has 30 heavy (non-hydrogen) atoms. The summed E-state index contributed by atoms with van der Waals surface area (Å²) in [4.78, 5) is 11.7. The highest BCUT2D eigenvalue weighted by atomic mass is 16.7. The van der Waals surface area contributed by atoms with Gasteiger partial charge in [0.05, 0.1) is 5.69 Å². The predicted octanol–water partition coefficient (Wildman–Crippen LogP) is 4.75. The molecule has 0 spiro atoms. The van der Waals surface area contributed by atoms with Crippen molar-refractivity contribution in [1.29, 1.82) is 0 Å². The summed E-state index contributed by atoms with van der Waals surface area (Å²) in [6.07, 6.45) is -0.312. The quantitative estimate of drug-likeness (QED) is 0.523. The van der Waals surface area contributed by atoms with Crippen LogP contribution >= 0.6 is 0 Å². The molecule has 1 fully saturated rings. The van der Waals surface area contributed by atoms with Crippen molar-refractivity contribution in [3.05, 3.63) is 83.6 Å². The second kappa shape index (κ2) is 6.89. The lowest BCUT2D eigenvalue weighted by atomic mass is 9.96. The molecule has 0 amide bonds. The van der Waals surface area contributed by atoms with E-state index in [-0.39, 0.29) is 6.23 Å². The minimum absolute atomic E-state index is 0.312. The molecule has 150 valence electrons. The van der Waals surface area contributed by atoms with Gasteiger partial charge < -0.3 is 15.1 Å². The number of aromatic amines is 1. The summed E-state index contributed by atoms with van der Waals surface area (Å²) in [5.74, 6) is 1.59. The van der Waals surface area contributed by atoms with Gasteiger partial charge in [-0.05, 0) is 39.8 Å². The number of H-pyrrole nitrogens is 1. The summed E-state index contributed by atoms with van der Waals surface area (Å²) < 4.78 is 0. The lowest BCUT2D eigenvalue weighted by molar-refractivity contribution is 0.0703. The number of nitrogens with one attached hydrogen (secondary N) is 2. The molecule has 1 unspecified atom stereocenters. The molecule has 0 bridgehead atoms. The third-order valence-corrected chi connectivity index (χ3v) is 6.15. The molecule has 3 heterocycles. The Morgan fingerprint density at radius 2 is 1.80 bits per heavy atom. The maximum Gasteiger partial charge on any atom is 0.239 e. The van der Waals surface area contributed by atoms with Crippen LogP contribution in [0.3, 0.4) is 0 Å². The van der Waals surface area contributed by atoms with Crippen molar-refractivity contribution in [1.82, 2.24) is 15.2 Å². The van der Waals surface area contributed by atoms with Crippen molar-refractivity contribution < 1.29 is 4.84 Å². The van der Waals surface area contributed by atoms with Crippen LogP contribution in [0, 0.1) is 5.92 Å². The highest BCUT2D eigenvalue weighted by Gasteiger charge is 2.26. The van der Waals surface area contributed by atoms with Gasteiger partial charge in [-0.1, -0.05) is 66.7 Å². The zero-order valence-electron chi connectivity index (χ0n) is 16.9. The summed E-state index contributed by atoms with van der Waals surface area (Å²) >= 11 is 0. The number of benzene rings is 3. The molecule has 5 heteroatoms. The summed E-state index contributed by atoms with van der Waals surface area (Å²) in [6, 6.07) is 23.3. The van der Waals surface area contributed by atoms with E-state index in [1.807, 2.05) is 12.1 Å². The molecule has 2 aliphatic rings. The summed E-state index contributed by atoms with van der Waals surface area (Å²) in [5.41, 5.74) is 4.52. The van der Waals surface area contributed by atoms with Gasteiger partial charge >= 0.3 is 0 Å². The number of amidine groups is 1. The number of hydrogen-bond acceptors (Lipinski definition) is 4. The average Bonchev–Trinajstić information content (AvgIpc) is 3.40. The molecule has 3 aromatic carbocycles. The number of nitrogens with zero attached hydrogens (tertiary/aromatic N) is 2. The average molecular weight is 396 g/mol. The number of oxime groups is 1. The second-order valence-electron chi connectivity index (χ2n) is 8.50. The van der Waals surface area contributed by atoms with Crippen molar-refractivity contribution in [2.24, 2.45) is 11.1 Å². The van der Waals surface area contributed by atoms with Gasteiger partial charge in [0.15, 0.2) is 5.84 Å². The fraction of sp³-hybridized carbons (Fsp3) is 0.240. The molecular weight excluding hydrogens is 372 g/mol. The normalized spacial score (nSPS) is 19.5. The Labute approximate surface area is 175 Å². The first-order valence-electron chi connectivity index (χ1n) is 10.6. The first-order chi connectivity index (χ1) is 14.7. The van der Waals surface area contributed by atoms with Gasteiger partial charge in [0.1, 0.15) is 0 Å². The van der Waals surface area contributed by atoms with E-state index in [0.29, 0.717) is 0 Å². The smallest absolute Gasteiger partial charge is 0.239 e. The highest BCUT2D eigenvalue weighted by molar-refractivity contribution is 6.10. The lowest BCUT2D eigenvalue weighted by Gasteiger charge is -2.37. The van der Waals surface area contributed by atoms with Gasteiger partial charge in [0, 0.05) is 30.7 Å². The third-order valence-electron chi connectivity index (χ3n) is 6.15. The van der Waals surface area contributed by atoms with Crippen molar-refractivity contribution in [3.8, 4) is 0 Å². The van der Waals surface area contributed by atoms with E-state index < -0.39 is 0 Å². The standard InChI is InChI=1S/C25H24N4O/c1-16-13-29(14-16)15-18-10-11-21(20-8-4-3-7-19(18)20)24-27-25(30-28-24)23-12-17-6-2-5-9-22(17)26-23/h2-12,16,25-26H,13-15H2,1H3,(H,27,28). The largest absolute Gasteiger partial charge is 0.362 e. The monoisotopic (exact) mass is 396 g/mol. The van der Waals surface area contributed by atoms with E-state index in [1.54, 1.807) is 0 Å². The number of para-hydroxylation sites is 1. The summed E-state index contributed by atoms with van der Waals surface area (Å²) in [6.45, 7) is 5.68. The maximum absolute atomic E-state index is 5.76. The Bertz CT molecular complexity index is 1240. The second-order valence-corrected chi connectivity index (χ2v) is 8.50. The molecule has 0 radical (unpaired) electrons. The zero-order chi connectivity index (χ0) is 20.1. The van der Waals surface area contributed by atoms with Crippen molar-refractivity contribution >= 4 is 27.5 Å². The molecule has 1 saturated heterocycles. The van der Waals surface area contributed by atoms with Crippen LogP contribution in [-0.4, -0.2) is 28.8 Å². The van der Waals surface area contributed by atoms with E-state index in [1.165, 1.54) is 34.8 Å². The Morgan fingerprint density at radius 1 is 1.00 bits per heavy atom. The molecule has 0 saturated carbocycles. The van der Waals surface area contributed by atoms with E-state index in [0.717, 1.165) is 35.1 Å². The fourth-order valence-corrected chi connectivity index (χ4v) is 4.68. The van der Waals surface area contributed by atoms with Crippen LogP contribution in [0.1, 0.15) is 30.0 Å². The number of likely N-dealkylation sites (tertiary alicyclic amines) is 1. The van der Waals surface area contributed by atoms with Crippen molar-refractivity contribution in [3.63, 3.8) is 0 Å². The SMILES string of the molecule is CC1CN(Cc2ccc(C3=NOC(c4cc5ccccc5[nH]4)N3)c3ccccc23)C1. The molecule has 6 rings (SSSR count). The van der Waals surface area contributed by atoms with E-state index in [4.69, 9.17) is 4.84 Å². The van der Waals surface area contributed by atoms with Crippen molar-refractivity contribution in [2.75, 3.05) is 13.1 Å². The molecular formula is C25H24N4O. The molecule has 5 nitrogen and oxygen atoms in total. The molecule has 1 aromatic heterocycles. The number of aromatic nitrogens is 1. The summed E-state index contributed by atoms with van der Waals surface area (Å²) in [5, 5.41) is 11.5. The van der Waals surface area contributed by atoms with Crippen LogP contribution in [0.2, 0.25) is 0 Å². The van der Waals surface area contributed by atoms with E-state index >= 15 is 0 Å². The van der Waals surface area contributed by atoms with Gasteiger partial charge in [-0.15, -0.1) is 0 Å². The van der Waals surface area contributed by atoms with Crippen LogP contribution in [-0.2, 0) is 11.4 Å². The van der Waals surface area contributed by atoms with Gasteiger partial charge in [-0.25, -0.2) is 0 Å². The van der Waals surface area contributed by atoms with Crippen LogP contribution in [0.25, 0.3) is 21.7 Å². The van der Waals surface area contributed by atoms with E-state index in [2.05, 4.69) is 81.9 Å². The molecule has 0 aliphatic carbocycles. The van der Waals surface area contributed by atoms with Gasteiger partial charge in [-0.3, -0.25) is 4.90 Å². The molecule has 4 aromatic rings.